The van der Waals surface area contributed by atoms with Gasteiger partial charge in [-0.2, -0.15) is 0 Å². The second-order valence-corrected chi connectivity index (χ2v) is 5.99. The third-order valence-electron chi connectivity index (χ3n) is 3.97. The molecule has 1 aromatic carbocycles. The van der Waals surface area contributed by atoms with Gasteiger partial charge in [0, 0.05) is 26.2 Å². The summed E-state index contributed by atoms with van der Waals surface area (Å²) in [5.41, 5.74) is -1.28. The Balaban J connectivity index is 2.05. The number of carbonyl (C=O) groups excluding carboxylic acids is 3. The zero-order valence-electron chi connectivity index (χ0n) is 13.2. The zero-order valence-corrected chi connectivity index (χ0v) is 13.2. The molecule has 0 spiro atoms. The topological polar surface area (TPSA) is 69.7 Å². The standard InChI is InChI=1S/C16H20FN3O3/c1-16(2,14(22)18-13-6-4-3-5-12(13)17)15(23)20-9-7-19(11-21)8-10-20/h3-6,11H,7-10H2,1-2H3,(H,18,22). The van der Waals surface area contributed by atoms with E-state index in [1.54, 1.807) is 15.9 Å². The van der Waals surface area contributed by atoms with Gasteiger partial charge in [0.1, 0.15) is 11.2 Å². The van der Waals surface area contributed by atoms with E-state index in [2.05, 4.69) is 5.32 Å². The van der Waals surface area contributed by atoms with Crippen LogP contribution < -0.4 is 5.32 Å². The van der Waals surface area contributed by atoms with Gasteiger partial charge in [-0.25, -0.2) is 4.39 Å². The Morgan fingerprint density at radius 3 is 2.35 bits per heavy atom. The predicted octanol–water partition coefficient (Wildman–Crippen LogP) is 1.09. The Labute approximate surface area is 134 Å². The number of anilines is 1. The second kappa shape index (κ2) is 6.76. The monoisotopic (exact) mass is 321 g/mol. The number of nitrogens with zero attached hydrogens (tertiary/aromatic N) is 2. The summed E-state index contributed by atoms with van der Waals surface area (Å²) in [5, 5.41) is 2.46. The molecule has 0 radical (unpaired) electrons. The molecule has 2 rings (SSSR count). The first-order valence-corrected chi connectivity index (χ1v) is 7.41. The first-order chi connectivity index (χ1) is 10.9. The number of hydrogen-bond acceptors (Lipinski definition) is 3. The van der Waals surface area contributed by atoms with Crippen LogP contribution in [0.25, 0.3) is 0 Å². The Morgan fingerprint density at radius 1 is 1.17 bits per heavy atom. The van der Waals surface area contributed by atoms with Crippen molar-refractivity contribution in [1.82, 2.24) is 9.80 Å². The van der Waals surface area contributed by atoms with E-state index in [-0.39, 0.29) is 11.6 Å². The highest BCUT2D eigenvalue weighted by Gasteiger charge is 2.40. The first-order valence-electron chi connectivity index (χ1n) is 7.41. The number of hydrogen-bond donors (Lipinski definition) is 1. The number of carbonyl (C=O) groups is 3. The average Bonchev–Trinajstić information content (AvgIpc) is 2.56. The van der Waals surface area contributed by atoms with Gasteiger partial charge in [0.15, 0.2) is 0 Å². The van der Waals surface area contributed by atoms with E-state index < -0.39 is 17.1 Å². The fourth-order valence-electron chi connectivity index (χ4n) is 2.36. The van der Waals surface area contributed by atoms with Crippen molar-refractivity contribution >= 4 is 23.9 Å². The van der Waals surface area contributed by atoms with Gasteiger partial charge in [-0.1, -0.05) is 12.1 Å². The lowest BCUT2D eigenvalue weighted by Crippen LogP contribution is -2.54. The summed E-state index contributed by atoms with van der Waals surface area (Å²) in [4.78, 5) is 38.8. The van der Waals surface area contributed by atoms with Crippen molar-refractivity contribution < 1.29 is 18.8 Å². The third-order valence-corrected chi connectivity index (χ3v) is 3.97. The van der Waals surface area contributed by atoms with Crippen LogP contribution in [-0.2, 0) is 14.4 Å². The first kappa shape index (κ1) is 16.9. The van der Waals surface area contributed by atoms with Gasteiger partial charge in [-0.05, 0) is 26.0 Å². The normalized spacial score (nSPS) is 15.3. The lowest BCUT2D eigenvalue weighted by atomic mass is 9.89. The molecule has 1 fully saturated rings. The molecule has 0 unspecified atom stereocenters. The Hall–Kier alpha value is -2.44. The molecule has 1 aliphatic heterocycles. The van der Waals surface area contributed by atoms with Crippen LogP contribution in [0.2, 0.25) is 0 Å². The van der Waals surface area contributed by atoms with Gasteiger partial charge >= 0.3 is 0 Å². The molecule has 3 amide bonds. The molecule has 0 bridgehead atoms. The Kier molecular flexibility index (Phi) is 4.98. The van der Waals surface area contributed by atoms with Crippen LogP contribution in [0.15, 0.2) is 24.3 Å². The van der Waals surface area contributed by atoms with Crippen molar-refractivity contribution in [3.8, 4) is 0 Å². The number of rotatable bonds is 4. The number of halogens is 1. The van der Waals surface area contributed by atoms with Crippen LogP contribution >= 0.6 is 0 Å². The van der Waals surface area contributed by atoms with E-state index in [1.807, 2.05) is 0 Å². The maximum absolute atomic E-state index is 13.6. The summed E-state index contributed by atoms with van der Waals surface area (Å²) in [6.07, 6.45) is 0.748. The maximum atomic E-state index is 13.6. The molecule has 0 atom stereocenters. The molecule has 0 saturated carbocycles. The zero-order chi connectivity index (χ0) is 17.0. The van der Waals surface area contributed by atoms with Gasteiger partial charge in [-0.15, -0.1) is 0 Å². The average molecular weight is 321 g/mol. The summed E-state index contributed by atoms with van der Waals surface area (Å²) in [6.45, 7) is 4.68. The van der Waals surface area contributed by atoms with Crippen molar-refractivity contribution in [2.24, 2.45) is 5.41 Å². The van der Waals surface area contributed by atoms with Crippen LogP contribution in [0.3, 0.4) is 0 Å². The van der Waals surface area contributed by atoms with Crippen molar-refractivity contribution in [2.45, 2.75) is 13.8 Å². The highest BCUT2D eigenvalue weighted by molar-refractivity contribution is 6.09. The largest absolute Gasteiger partial charge is 0.342 e. The van der Waals surface area contributed by atoms with E-state index in [0.717, 1.165) is 6.41 Å². The van der Waals surface area contributed by atoms with Gasteiger partial charge in [0.2, 0.25) is 18.2 Å². The van der Waals surface area contributed by atoms with Crippen molar-refractivity contribution in [1.29, 1.82) is 0 Å². The van der Waals surface area contributed by atoms with Crippen molar-refractivity contribution in [2.75, 3.05) is 31.5 Å². The molecular weight excluding hydrogens is 301 g/mol. The highest BCUT2D eigenvalue weighted by atomic mass is 19.1. The van der Waals surface area contributed by atoms with E-state index in [4.69, 9.17) is 0 Å². The van der Waals surface area contributed by atoms with Crippen LogP contribution in [0.5, 0.6) is 0 Å². The molecule has 1 aliphatic rings. The summed E-state index contributed by atoms with van der Waals surface area (Å²) in [5.74, 6) is -1.45. The molecule has 7 heteroatoms. The smallest absolute Gasteiger partial charge is 0.239 e. The summed E-state index contributed by atoms with van der Waals surface area (Å²) < 4.78 is 13.6. The van der Waals surface area contributed by atoms with E-state index in [9.17, 15) is 18.8 Å². The second-order valence-electron chi connectivity index (χ2n) is 5.99. The third kappa shape index (κ3) is 3.67. The quantitative estimate of drug-likeness (QED) is 0.667. The van der Waals surface area contributed by atoms with E-state index >= 15 is 0 Å². The van der Waals surface area contributed by atoms with Gasteiger partial charge in [-0.3, -0.25) is 14.4 Å². The highest BCUT2D eigenvalue weighted by Crippen LogP contribution is 2.23. The summed E-state index contributed by atoms with van der Waals surface area (Å²) in [6, 6.07) is 5.81. The van der Waals surface area contributed by atoms with Crippen molar-refractivity contribution in [3.63, 3.8) is 0 Å². The van der Waals surface area contributed by atoms with Crippen LogP contribution in [0.1, 0.15) is 13.8 Å². The Morgan fingerprint density at radius 2 is 1.78 bits per heavy atom. The number of para-hydroxylation sites is 1. The maximum Gasteiger partial charge on any atom is 0.239 e. The van der Waals surface area contributed by atoms with Gasteiger partial charge < -0.3 is 15.1 Å². The van der Waals surface area contributed by atoms with Crippen molar-refractivity contribution in [3.05, 3.63) is 30.1 Å². The molecular formula is C16H20FN3O3. The number of piperazine rings is 1. The fourth-order valence-corrected chi connectivity index (χ4v) is 2.36. The predicted molar refractivity (Wildman–Crippen MR) is 83.0 cm³/mol. The minimum atomic E-state index is -1.33. The fraction of sp³-hybridized carbons (Fsp3) is 0.438. The van der Waals surface area contributed by atoms with Crippen LogP contribution in [-0.4, -0.2) is 54.2 Å². The van der Waals surface area contributed by atoms with Gasteiger partial charge in [0.25, 0.3) is 0 Å². The van der Waals surface area contributed by atoms with Gasteiger partial charge in [0.05, 0.1) is 5.69 Å². The van der Waals surface area contributed by atoms with Crippen LogP contribution in [0, 0.1) is 11.2 Å². The molecule has 23 heavy (non-hydrogen) atoms. The molecule has 0 aliphatic carbocycles. The molecule has 1 saturated heterocycles. The van der Waals surface area contributed by atoms with E-state index in [1.165, 1.54) is 32.0 Å². The molecule has 1 aromatic rings. The minimum absolute atomic E-state index is 0.0455. The lowest BCUT2D eigenvalue weighted by Gasteiger charge is -2.36. The van der Waals surface area contributed by atoms with E-state index in [0.29, 0.717) is 26.2 Å². The number of nitrogens with one attached hydrogen (secondary N) is 1. The molecule has 0 aromatic heterocycles. The molecule has 6 nitrogen and oxygen atoms in total. The lowest BCUT2D eigenvalue weighted by molar-refractivity contribution is -0.148. The molecule has 1 heterocycles. The minimum Gasteiger partial charge on any atom is -0.342 e. The number of amides is 3. The Bertz CT molecular complexity index is 610. The summed E-state index contributed by atoms with van der Waals surface area (Å²) >= 11 is 0. The SMILES string of the molecule is CC(C)(C(=O)Nc1ccccc1F)C(=O)N1CCN(C=O)CC1. The van der Waals surface area contributed by atoms with Crippen LogP contribution in [0.4, 0.5) is 10.1 Å². The summed E-state index contributed by atoms with van der Waals surface area (Å²) in [7, 11) is 0. The molecule has 1 N–H and O–H groups in total. The number of benzene rings is 1. The molecule has 124 valence electrons.